The summed E-state index contributed by atoms with van der Waals surface area (Å²) >= 11 is 0. The quantitative estimate of drug-likeness (QED) is 0.787. The number of para-hydroxylation sites is 2. The lowest BCUT2D eigenvalue weighted by molar-refractivity contribution is -0.139. The highest BCUT2D eigenvalue weighted by Crippen LogP contribution is 2.27. The Morgan fingerprint density at radius 3 is 2.43 bits per heavy atom. The van der Waals surface area contributed by atoms with Crippen molar-refractivity contribution in [2.24, 2.45) is 0 Å². The van der Waals surface area contributed by atoms with Crippen molar-refractivity contribution in [2.45, 2.75) is 12.6 Å². The molecule has 0 radical (unpaired) electrons. The Labute approximate surface area is 134 Å². The third-order valence-corrected chi connectivity index (χ3v) is 3.73. The van der Waals surface area contributed by atoms with Gasteiger partial charge in [-0.25, -0.2) is 9.78 Å². The molecule has 1 unspecified atom stereocenters. The van der Waals surface area contributed by atoms with E-state index >= 15 is 0 Å². The number of benzene rings is 2. The fourth-order valence-corrected chi connectivity index (χ4v) is 2.81. The number of fused-ring (bicyclic) bond motifs is 1. The molecule has 5 nitrogen and oxygen atoms in total. The number of aromatic nitrogens is 2. The molecular weight excluding hydrogens is 290 g/mol. The molecule has 0 saturated carbocycles. The van der Waals surface area contributed by atoms with Gasteiger partial charge >= 0.3 is 5.97 Å². The number of imidazole rings is 1. The summed E-state index contributed by atoms with van der Waals surface area (Å²) in [5.41, 5.74) is 2.38. The summed E-state index contributed by atoms with van der Waals surface area (Å²) in [7, 11) is 3.89. The molecule has 1 aromatic heterocycles. The van der Waals surface area contributed by atoms with Crippen molar-refractivity contribution in [1.82, 2.24) is 14.5 Å². The third kappa shape index (κ3) is 2.96. The smallest absolute Gasteiger partial charge is 0.331 e. The van der Waals surface area contributed by atoms with Crippen LogP contribution in [0.1, 0.15) is 17.4 Å². The monoisotopic (exact) mass is 309 g/mol. The van der Waals surface area contributed by atoms with Gasteiger partial charge in [-0.05, 0) is 31.8 Å². The molecule has 0 aliphatic heterocycles. The molecule has 0 aliphatic rings. The van der Waals surface area contributed by atoms with E-state index in [1.165, 1.54) is 0 Å². The molecule has 2 aromatic carbocycles. The zero-order valence-electron chi connectivity index (χ0n) is 13.2. The molecule has 0 bridgehead atoms. The number of rotatable bonds is 5. The summed E-state index contributed by atoms with van der Waals surface area (Å²) in [6.45, 7) is 0.575. The van der Waals surface area contributed by atoms with Crippen molar-refractivity contribution in [1.29, 1.82) is 0 Å². The summed E-state index contributed by atoms with van der Waals surface area (Å²) in [4.78, 5) is 18.6. The Morgan fingerprint density at radius 2 is 1.78 bits per heavy atom. The van der Waals surface area contributed by atoms with Crippen LogP contribution in [0.2, 0.25) is 0 Å². The van der Waals surface area contributed by atoms with Crippen LogP contribution < -0.4 is 0 Å². The van der Waals surface area contributed by atoms with Gasteiger partial charge in [0.15, 0.2) is 6.04 Å². The van der Waals surface area contributed by atoms with Crippen molar-refractivity contribution >= 4 is 17.0 Å². The topological polar surface area (TPSA) is 58.4 Å². The molecule has 0 aliphatic carbocycles. The molecule has 0 amide bonds. The van der Waals surface area contributed by atoms with Crippen LogP contribution in [0.25, 0.3) is 11.0 Å². The summed E-state index contributed by atoms with van der Waals surface area (Å²) in [6, 6.07) is 16.1. The highest BCUT2D eigenvalue weighted by atomic mass is 16.4. The van der Waals surface area contributed by atoms with Crippen molar-refractivity contribution in [2.75, 3.05) is 14.1 Å². The number of carboxylic acid groups (broad SMARTS) is 1. The highest BCUT2D eigenvalue weighted by Gasteiger charge is 2.26. The first-order chi connectivity index (χ1) is 11.1. The van der Waals surface area contributed by atoms with Crippen molar-refractivity contribution in [3.8, 4) is 0 Å². The summed E-state index contributed by atoms with van der Waals surface area (Å²) < 4.78 is 1.83. The summed E-state index contributed by atoms with van der Waals surface area (Å²) in [5, 5.41) is 9.85. The fourth-order valence-electron chi connectivity index (χ4n) is 2.81. The second kappa shape index (κ2) is 6.22. The number of aliphatic carboxylic acids is 1. The number of nitrogens with zero attached hydrogens (tertiary/aromatic N) is 3. The van der Waals surface area contributed by atoms with Gasteiger partial charge in [0.1, 0.15) is 5.82 Å². The zero-order chi connectivity index (χ0) is 16.4. The molecule has 0 fully saturated rings. The number of hydrogen-bond donors (Lipinski definition) is 1. The number of hydrogen-bond acceptors (Lipinski definition) is 3. The Balaban J connectivity index is 2.24. The minimum Gasteiger partial charge on any atom is -0.479 e. The highest BCUT2D eigenvalue weighted by molar-refractivity contribution is 5.82. The Morgan fingerprint density at radius 1 is 1.13 bits per heavy atom. The maximum atomic E-state index is 12.0. The van der Waals surface area contributed by atoms with Crippen LogP contribution in [0.3, 0.4) is 0 Å². The van der Waals surface area contributed by atoms with Crippen LogP contribution >= 0.6 is 0 Å². The average molecular weight is 309 g/mol. The molecule has 3 aromatic rings. The van der Waals surface area contributed by atoms with E-state index in [9.17, 15) is 9.90 Å². The van der Waals surface area contributed by atoms with Gasteiger partial charge in [-0.2, -0.15) is 0 Å². The zero-order valence-corrected chi connectivity index (χ0v) is 13.2. The standard InChI is InChI=1S/C18H19N3O2/c1-20(2)12-16-19-14-10-6-7-11-15(14)21(16)17(18(22)23)13-8-4-3-5-9-13/h3-11,17H,12H2,1-2H3,(H,22,23). The second-order valence-corrected chi connectivity index (χ2v) is 5.78. The molecular formula is C18H19N3O2. The van der Waals surface area contributed by atoms with E-state index in [4.69, 9.17) is 0 Å². The molecule has 1 N–H and O–H groups in total. The van der Waals surface area contributed by atoms with Gasteiger partial charge in [-0.3, -0.25) is 0 Å². The lowest BCUT2D eigenvalue weighted by Crippen LogP contribution is -2.24. The normalized spacial score (nSPS) is 12.7. The van der Waals surface area contributed by atoms with Gasteiger partial charge in [0.25, 0.3) is 0 Å². The molecule has 1 atom stereocenters. The van der Waals surface area contributed by atoms with Gasteiger partial charge in [0.2, 0.25) is 0 Å². The predicted molar refractivity (Wildman–Crippen MR) is 89.3 cm³/mol. The van der Waals surface area contributed by atoms with E-state index in [-0.39, 0.29) is 0 Å². The first kappa shape index (κ1) is 15.2. The van der Waals surface area contributed by atoms with Gasteiger partial charge in [0.05, 0.1) is 17.6 Å². The van der Waals surface area contributed by atoms with Crippen LogP contribution in [0.5, 0.6) is 0 Å². The van der Waals surface area contributed by atoms with E-state index in [2.05, 4.69) is 4.98 Å². The van der Waals surface area contributed by atoms with E-state index in [1.54, 1.807) is 0 Å². The van der Waals surface area contributed by atoms with Crippen molar-refractivity contribution in [3.63, 3.8) is 0 Å². The molecule has 5 heteroatoms. The van der Waals surface area contributed by atoms with E-state index < -0.39 is 12.0 Å². The van der Waals surface area contributed by atoms with Gasteiger partial charge in [0, 0.05) is 0 Å². The van der Waals surface area contributed by atoms with E-state index in [1.807, 2.05) is 78.2 Å². The molecule has 0 saturated heterocycles. The number of carboxylic acids is 1. The summed E-state index contributed by atoms with van der Waals surface area (Å²) in [5.74, 6) is -0.146. The molecule has 0 spiro atoms. The average Bonchev–Trinajstić information content (AvgIpc) is 2.86. The first-order valence-corrected chi connectivity index (χ1v) is 7.46. The van der Waals surface area contributed by atoms with Gasteiger partial charge < -0.3 is 14.6 Å². The maximum absolute atomic E-state index is 12.0. The Kier molecular flexibility index (Phi) is 4.12. The minimum absolute atomic E-state index is 0.575. The van der Waals surface area contributed by atoms with Crippen molar-refractivity contribution < 1.29 is 9.90 Å². The number of carbonyl (C=O) groups is 1. The molecule has 23 heavy (non-hydrogen) atoms. The second-order valence-electron chi connectivity index (χ2n) is 5.78. The van der Waals surface area contributed by atoms with Crippen LogP contribution in [0.15, 0.2) is 54.6 Å². The molecule has 118 valence electrons. The minimum atomic E-state index is -0.889. The van der Waals surface area contributed by atoms with Gasteiger partial charge in [-0.15, -0.1) is 0 Å². The van der Waals surface area contributed by atoms with Crippen LogP contribution in [-0.2, 0) is 11.3 Å². The van der Waals surface area contributed by atoms with E-state index in [0.29, 0.717) is 6.54 Å². The van der Waals surface area contributed by atoms with Crippen LogP contribution in [0.4, 0.5) is 0 Å². The predicted octanol–water partition coefficient (Wildman–Crippen LogP) is 2.77. The Bertz CT molecular complexity index is 825. The SMILES string of the molecule is CN(C)Cc1nc2ccccc2n1C(C(=O)O)c1ccccc1. The van der Waals surface area contributed by atoms with Gasteiger partial charge in [-0.1, -0.05) is 42.5 Å². The fraction of sp³-hybridized carbons (Fsp3) is 0.222. The van der Waals surface area contributed by atoms with Crippen LogP contribution in [0, 0.1) is 0 Å². The summed E-state index contributed by atoms with van der Waals surface area (Å²) in [6.07, 6.45) is 0. The largest absolute Gasteiger partial charge is 0.479 e. The molecule has 3 rings (SSSR count). The van der Waals surface area contributed by atoms with Crippen LogP contribution in [-0.4, -0.2) is 39.6 Å². The maximum Gasteiger partial charge on any atom is 0.331 e. The lowest BCUT2D eigenvalue weighted by atomic mass is 10.1. The van der Waals surface area contributed by atoms with Crippen molar-refractivity contribution in [3.05, 3.63) is 66.0 Å². The van der Waals surface area contributed by atoms with E-state index in [0.717, 1.165) is 22.4 Å². The first-order valence-electron chi connectivity index (χ1n) is 7.46. The lowest BCUT2D eigenvalue weighted by Gasteiger charge is -2.20. The third-order valence-electron chi connectivity index (χ3n) is 3.73. The Hall–Kier alpha value is -2.66. The molecule has 1 heterocycles.